The van der Waals surface area contributed by atoms with Crippen LogP contribution in [-0.2, 0) is 0 Å². The van der Waals surface area contributed by atoms with Gasteiger partial charge in [-0.05, 0) is 38.1 Å². The van der Waals surface area contributed by atoms with Crippen molar-refractivity contribution >= 4 is 45.4 Å². The molecule has 2 aromatic rings. The molecule has 1 aromatic carbocycles. The van der Waals surface area contributed by atoms with Gasteiger partial charge in [0.25, 0.3) is 11.8 Å². The fourth-order valence-electron chi connectivity index (χ4n) is 2.61. The fraction of sp³-hybridized carbons (Fsp3) is 0.312. The summed E-state index contributed by atoms with van der Waals surface area (Å²) in [4.78, 5) is 24.6. The quantitative estimate of drug-likeness (QED) is 0.701. The number of anilines is 1. The number of nitrogens with one attached hydrogen (secondary N) is 3. The van der Waals surface area contributed by atoms with Gasteiger partial charge in [0.05, 0.1) is 26.7 Å². The predicted molar refractivity (Wildman–Crippen MR) is 99.3 cm³/mol. The Morgan fingerprint density at radius 2 is 1.96 bits per heavy atom. The largest absolute Gasteiger partial charge is 0.348 e. The molecule has 3 N–H and O–H groups in total. The molecular weight excluding hydrogens is 410 g/mol. The molecule has 1 aliphatic rings. The van der Waals surface area contributed by atoms with Crippen molar-refractivity contribution in [2.75, 3.05) is 18.4 Å². The van der Waals surface area contributed by atoms with Gasteiger partial charge in [-0.3, -0.25) is 9.59 Å². The molecule has 0 saturated carbocycles. The fourth-order valence-corrected chi connectivity index (χ4v) is 3.19. The number of amides is 2. The van der Waals surface area contributed by atoms with Crippen LogP contribution in [0.3, 0.4) is 0 Å². The predicted octanol–water partition coefficient (Wildman–Crippen LogP) is 2.43. The van der Waals surface area contributed by atoms with Gasteiger partial charge in [0, 0.05) is 12.1 Å². The molecule has 7 nitrogen and oxygen atoms in total. The number of hydrogen-bond acceptors (Lipinski definition) is 4. The van der Waals surface area contributed by atoms with Crippen molar-refractivity contribution in [3.63, 3.8) is 0 Å². The molecule has 2 heterocycles. The highest BCUT2D eigenvalue weighted by molar-refractivity contribution is 9.08. The van der Waals surface area contributed by atoms with E-state index in [0.717, 1.165) is 25.9 Å². The number of carbonyl (C=O) groups is 2. The van der Waals surface area contributed by atoms with Crippen LogP contribution in [0.25, 0.3) is 0 Å². The second kappa shape index (κ2) is 7.99. The second-order valence-electron chi connectivity index (χ2n) is 5.71. The number of halogens is 2. The normalized spacial score (nSPS) is 15.0. The number of piperidine rings is 1. The van der Waals surface area contributed by atoms with Crippen molar-refractivity contribution in [1.82, 2.24) is 19.4 Å². The second-order valence-corrected chi connectivity index (χ2v) is 6.79. The number of carbonyl (C=O) groups excluding carboxylic acids is 2. The van der Waals surface area contributed by atoms with E-state index in [4.69, 9.17) is 11.6 Å². The van der Waals surface area contributed by atoms with Crippen LogP contribution in [0, 0.1) is 0 Å². The molecule has 0 unspecified atom stereocenters. The molecule has 0 atom stereocenters. The minimum atomic E-state index is -0.378. The SMILES string of the molecule is O=C(NC1CCNCC1)c1cc(NC(=O)c2ccccc2Cl)n(Br)n1. The Balaban J connectivity index is 1.68. The van der Waals surface area contributed by atoms with Crippen LogP contribution in [0.2, 0.25) is 5.02 Å². The van der Waals surface area contributed by atoms with E-state index in [-0.39, 0.29) is 23.6 Å². The van der Waals surface area contributed by atoms with Crippen molar-refractivity contribution in [2.24, 2.45) is 0 Å². The van der Waals surface area contributed by atoms with Gasteiger partial charge < -0.3 is 16.0 Å². The van der Waals surface area contributed by atoms with Crippen LogP contribution in [0.15, 0.2) is 30.3 Å². The molecule has 0 aliphatic carbocycles. The van der Waals surface area contributed by atoms with E-state index in [1.165, 1.54) is 9.77 Å². The zero-order valence-corrected chi connectivity index (χ0v) is 15.6. The number of benzene rings is 1. The van der Waals surface area contributed by atoms with Crippen LogP contribution >= 0.6 is 27.7 Å². The van der Waals surface area contributed by atoms with Crippen LogP contribution in [0.1, 0.15) is 33.7 Å². The zero-order chi connectivity index (χ0) is 17.8. The van der Waals surface area contributed by atoms with E-state index in [1.807, 2.05) is 0 Å². The molecule has 1 aromatic heterocycles. The Hall–Kier alpha value is -1.90. The van der Waals surface area contributed by atoms with Gasteiger partial charge in [0.2, 0.25) is 0 Å². The maximum atomic E-state index is 12.3. The molecule has 9 heteroatoms. The first-order valence-corrected chi connectivity index (χ1v) is 8.97. The molecule has 3 rings (SSSR count). The molecule has 2 amide bonds. The molecule has 0 spiro atoms. The zero-order valence-electron chi connectivity index (χ0n) is 13.3. The summed E-state index contributed by atoms with van der Waals surface area (Å²) in [5.41, 5.74) is 0.573. The van der Waals surface area contributed by atoms with E-state index in [9.17, 15) is 9.59 Å². The Bertz CT molecular complexity index is 789. The molecular formula is C16H17BrClN5O2. The summed E-state index contributed by atoms with van der Waals surface area (Å²) in [7, 11) is 0. The van der Waals surface area contributed by atoms with E-state index in [0.29, 0.717) is 16.4 Å². The van der Waals surface area contributed by atoms with Gasteiger partial charge in [-0.25, -0.2) is 0 Å². The Morgan fingerprint density at radius 1 is 1.24 bits per heavy atom. The third-order valence-electron chi connectivity index (χ3n) is 3.93. The molecule has 25 heavy (non-hydrogen) atoms. The van der Waals surface area contributed by atoms with Crippen molar-refractivity contribution in [2.45, 2.75) is 18.9 Å². The summed E-state index contributed by atoms with van der Waals surface area (Å²) < 4.78 is 1.28. The number of rotatable bonds is 4. The lowest BCUT2D eigenvalue weighted by Crippen LogP contribution is -2.42. The summed E-state index contributed by atoms with van der Waals surface area (Å²) in [5, 5.41) is 13.3. The molecule has 0 radical (unpaired) electrons. The highest BCUT2D eigenvalue weighted by Gasteiger charge is 2.20. The Morgan fingerprint density at radius 3 is 2.68 bits per heavy atom. The van der Waals surface area contributed by atoms with Crippen LogP contribution in [0.4, 0.5) is 5.82 Å². The van der Waals surface area contributed by atoms with Crippen LogP contribution in [0.5, 0.6) is 0 Å². The van der Waals surface area contributed by atoms with Gasteiger partial charge in [-0.2, -0.15) is 8.81 Å². The molecule has 132 valence electrons. The molecule has 1 aliphatic heterocycles. The minimum absolute atomic E-state index is 0.135. The lowest BCUT2D eigenvalue weighted by Gasteiger charge is -2.23. The van der Waals surface area contributed by atoms with E-state index >= 15 is 0 Å². The monoisotopic (exact) mass is 425 g/mol. The van der Waals surface area contributed by atoms with Crippen molar-refractivity contribution in [1.29, 1.82) is 0 Å². The molecule has 1 saturated heterocycles. The summed E-state index contributed by atoms with van der Waals surface area (Å²) in [6.45, 7) is 1.77. The Labute approximate surface area is 158 Å². The summed E-state index contributed by atoms with van der Waals surface area (Å²) >= 11 is 9.22. The van der Waals surface area contributed by atoms with Gasteiger partial charge in [-0.1, -0.05) is 23.7 Å². The first-order chi connectivity index (χ1) is 12.0. The average Bonchev–Trinajstić information content (AvgIpc) is 2.97. The first kappa shape index (κ1) is 17.9. The minimum Gasteiger partial charge on any atom is -0.348 e. The summed E-state index contributed by atoms with van der Waals surface area (Å²) in [6, 6.07) is 8.38. The number of nitrogens with zero attached hydrogens (tertiary/aromatic N) is 2. The standard InChI is InChI=1S/C16H17BrClN5O2/c17-23-14(21-15(24)11-3-1-2-4-12(11)18)9-13(22-23)16(25)20-10-5-7-19-8-6-10/h1-4,9-10,19H,5-8H2,(H,20,25)(H,21,24). The number of aromatic nitrogens is 2. The third-order valence-corrected chi connectivity index (χ3v) is 4.81. The summed E-state index contributed by atoms with van der Waals surface area (Å²) in [6.07, 6.45) is 1.77. The van der Waals surface area contributed by atoms with Crippen molar-refractivity contribution in [3.05, 3.63) is 46.6 Å². The molecule has 1 fully saturated rings. The van der Waals surface area contributed by atoms with Crippen LogP contribution in [-0.4, -0.2) is 39.8 Å². The lowest BCUT2D eigenvalue weighted by molar-refractivity contribution is 0.0923. The maximum absolute atomic E-state index is 12.3. The number of hydrogen-bond donors (Lipinski definition) is 3. The van der Waals surface area contributed by atoms with Gasteiger partial charge in [-0.15, -0.1) is 0 Å². The van der Waals surface area contributed by atoms with Crippen molar-refractivity contribution in [3.8, 4) is 0 Å². The summed E-state index contributed by atoms with van der Waals surface area (Å²) in [5.74, 6) is -0.296. The highest BCUT2D eigenvalue weighted by atomic mass is 79.9. The van der Waals surface area contributed by atoms with Crippen LogP contribution < -0.4 is 16.0 Å². The first-order valence-electron chi connectivity index (χ1n) is 7.88. The van der Waals surface area contributed by atoms with Gasteiger partial charge >= 0.3 is 0 Å². The van der Waals surface area contributed by atoms with E-state index in [1.54, 1.807) is 24.3 Å². The maximum Gasteiger partial charge on any atom is 0.272 e. The van der Waals surface area contributed by atoms with Gasteiger partial charge in [0.1, 0.15) is 5.82 Å². The molecule has 0 bridgehead atoms. The van der Waals surface area contributed by atoms with Crippen molar-refractivity contribution < 1.29 is 9.59 Å². The topological polar surface area (TPSA) is 88.0 Å². The average molecular weight is 427 g/mol. The van der Waals surface area contributed by atoms with E-state index < -0.39 is 0 Å². The smallest absolute Gasteiger partial charge is 0.272 e. The highest BCUT2D eigenvalue weighted by Crippen LogP contribution is 2.19. The Kier molecular flexibility index (Phi) is 5.72. The van der Waals surface area contributed by atoms with E-state index in [2.05, 4.69) is 37.2 Å². The van der Waals surface area contributed by atoms with Gasteiger partial charge in [0.15, 0.2) is 5.69 Å². The third kappa shape index (κ3) is 4.39. The lowest BCUT2D eigenvalue weighted by atomic mass is 10.1.